The van der Waals surface area contributed by atoms with Crippen molar-refractivity contribution in [2.75, 3.05) is 24.6 Å². The first kappa shape index (κ1) is 19.7. The van der Waals surface area contributed by atoms with E-state index < -0.39 is 0 Å². The predicted molar refractivity (Wildman–Crippen MR) is 107 cm³/mol. The zero-order valence-corrected chi connectivity index (χ0v) is 16.3. The summed E-state index contributed by atoms with van der Waals surface area (Å²) < 4.78 is 19.5. The van der Waals surface area contributed by atoms with Crippen LogP contribution in [0.3, 0.4) is 0 Å². The van der Waals surface area contributed by atoms with Gasteiger partial charge >= 0.3 is 5.97 Å². The van der Waals surface area contributed by atoms with Crippen LogP contribution >= 0.6 is 11.6 Å². The van der Waals surface area contributed by atoms with E-state index in [0.29, 0.717) is 23.8 Å². The van der Waals surface area contributed by atoms with Crippen LogP contribution in [-0.2, 0) is 22.4 Å². The van der Waals surface area contributed by atoms with E-state index in [1.807, 2.05) is 18.2 Å². The Morgan fingerprint density at radius 2 is 1.81 bits per heavy atom. The molecule has 0 spiro atoms. The second-order valence-electron chi connectivity index (χ2n) is 7.03. The molecule has 1 heterocycles. The van der Waals surface area contributed by atoms with Crippen molar-refractivity contribution in [1.82, 2.24) is 0 Å². The van der Waals surface area contributed by atoms with Gasteiger partial charge in [0.25, 0.3) is 0 Å². The molecule has 0 unspecified atom stereocenters. The second kappa shape index (κ2) is 9.23. The van der Waals surface area contributed by atoms with Gasteiger partial charge in [-0.15, -0.1) is 0 Å². The molecule has 0 saturated carbocycles. The number of halogens is 2. The van der Waals surface area contributed by atoms with Gasteiger partial charge in [0.05, 0.1) is 18.7 Å². The minimum absolute atomic E-state index is 0.105. The van der Waals surface area contributed by atoms with Crippen LogP contribution in [0.4, 0.5) is 10.1 Å². The van der Waals surface area contributed by atoms with Gasteiger partial charge in [-0.25, -0.2) is 4.39 Å². The highest BCUT2D eigenvalue weighted by Crippen LogP contribution is 2.28. The number of nitrogens with zero attached hydrogens (tertiary/aromatic N) is 1. The molecule has 1 aliphatic heterocycles. The lowest BCUT2D eigenvalue weighted by Crippen LogP contribution is -2.34. The fraction of sp³-hybridized carbons (Fsp3) is 0.409. The van der Waals surface area contributed by atoms with E-state index in [1.54, 1.807) is 13.0 Å². The van der Waals surface area contributed by atoms with Gasteiger partial charge in [0, 0.05) is 18.1 Å². The number of carbonyl (C=O) groups excluding carboxylic acids is 1. The molecule has 0 atom stereocenters. The van der Waals surface area contributed by atoms with E-state index in [1.165, 1.54) is 11.6 Å². The third-order valence-corrected chi connectivity index (χ3v) is 5.31. The van der Waals surface area contributed by atoms with Crippen LogP contribution in [0.25, 0.3) is 0 Å². The van der Waals surface area contributed by atoms with E-state index in [9.17, 15) is 9.18 Å². The molecule has 2 aromatic rings. The number of benzene rings is 2. The van der Waals surface area contributed by atoms with E-state index in [2.05, 4.69) is 17.0 Å². The number of esters is 1. The smallest absolute Gasteiger partial charge is 0.310 e. The standard InChI is InChI=1S/C22H25ClFNO2/c1-2-27-22(26)15-18-5-8-21(20(24)14-18)25-11-9-17(10-12-25)13-16-3-6-19(23)7-4-16/h3-8,14,17H,2,9-13,15H2,1H3. The summed E-state index contributed by atoms with van der Waals surface area (Å²) in [6, 6.07) is 13.1. The van der Waals surface area contributed by atoms with Gasteiger partial charge in [0.2, 0.25) is 0 Å². The largest absolute Gasteiger partial charge is 0.466 e. The van der Waals surface area contributed by atoms with Crippen LogP contribution in [-0.4, -0.2) is 25.7 Å². The molecule has 0 N–H and O–H groups in total. The summed E-state index contributed by atoms with van der Waals surface area (Å²) in [7, 11) is 0. The number of ether oxygens (including phenoxy) is 1. The molecule has 3 rings (SSSR count). The maximum Gasteiger partial charge on any atom is 0.310 e. The summed E-state index contributed by atoms with van der Waals surface area (Å²) in [4.78, 5) is 13.7. The molecule has 27 heavy (non-hydrogen) atoms. The van der Waals surface area contributed by atoms with Crippen LogP contribution in [0.1, 0.15) is 30.9 Å². The normalized spacial score (nSPS) is 15.0. The fourth-order valence-corrected chi connectivity index (χ4v) is 3.75. The van der Waals surface area contributed by atoms with Gasteiger partial charge in [-0.05, 0) is 67.5 Å². The highest BCUT2D eigenvalue weighted by molar-refractivity contribution is 6.30. The van der Waals surface area contributed by atoms with Crippen molar-refractivity contribution in [1.29, 1.82) is 0 Å². The van der Waals surface area contributed by atoms with Gasteiger partial charge in [0.1, 0.15) is 5.82 Å². The molecule has 1 aliphatic rings. The summed E-state index contributed by atoms with van der Waals surface area (Å²) in [6.45, 7) is 3.78. The van der Waals surface area contributed by atoms with Gasteiger partial charge < -0.3 is 9.64 Å². The van der Waals surface area contributed by atoms with Crippen LogP contribution < -0.4 is 4.90 Å². The Morgan fingerprint density at radius 3 is 2.44 bits per heavy atom. The van der Waals surface area contributed by atoms with E-state index in [0.717, 1.165) is 37.4 Å². The monoisotopic (exact) mass is 389 g/mol. The van der Waals surface area contributed by atoms with Crippen molar-refractivity contribution >= 4 is 23.3 Å². The lowest BCUT2D eigenvalue weighted by atomic mass is 9.90. The Labute approximate surface area is 165 Å². The molecule has 0 bridgehead atoms. The number of hydrogen-bond acceptors (Lipinski definition) is 3. The highest BCUT2D eigenvalue weighted by Gasteiger charge is 2.22. The zero-order valence-electron chi connectivity index (χ0n) is 15.6. The Hall–Kier alpha value is -2.07. The number of piperidine rings is 1. The van der Waals surface area contributed by atoms with Crippen molar-refractivity contribution in [2.24, 2.45) is 5.92 Å². The lowest BCUT2D eigenvalue weighted by Gasteiger charge is -2.34. The molecular weight excluding hydrogens is 365 g/mol. The van der Waals surface area contributed by atoms with Crippen molar-refractivity contribution in [3.63, 3.8) is 0 Å². The maximum absolute atomic E-state index is 14.5. The first-order valence-corrected chi connectivity index (χ1v) is 9.86. The fourth-order valence-electron chi connectivity index (χ4n) is 3.63. The first-order valence-electron chi connectivity index (χ1n) is 9.48. The summed E-state index contributed by atoms with van der Waals surface area (Å²) in [5.74, 6) is 0.00851. The Kier molecular flexibility index (Phi) is 6.73. The van der Waals surface area contributed by atoms with E-state index in [-0.39, 0.29) is 18.2 Å². The minimum atomic E-state index is -0.326. The number of hydrogen-bond donors (Lipinski definition) is 0. The van der Waals surface area contributed by atoms with E-state index >= 15 is 0 Å². The zero-order chi connectivity index (χ0) is 19.2. The first-order chi connectivity index (χ1) is 13.0. The molecule has 1 fully saturated rings. The molecule has 0 aliphatic carbocycles. The van der Waals surface area contributed by atoms with Gasteiger partial charge in [-0.2, -0.15) is 0 Å². The molecule has 1 saturated heterocycles. The maximum atomic E-state index is 14.5. The minimum Gasteiger partial charge on any atom is -0.466 e. The third-order valence-electron chi connectivity index (χ3n) is 5.06. The molecule has 2 aromatic carbocycles. The van der Waals surface area contributed by atoms with Gasteiger partial charge in [0.15, 0.2) is 0 Å². The summed E-state index contributed by atoms with van der Waals surface area (Å²) in [5, 5.41) is 0.760. The molecular formula is C22H25ClFNO2. The second-order valence-corrected chi connectivity index (χ2v) is 7.47. The van der Waals surface area contributed by atoms with Crippen LogP contribution in [0.2, 0.25) is 5.02 Å². The third kappa shape index (κ3) is 5.46. The molecule has 144 valence electrons. The Balaban J connectivity index is 1.55. The molecule has 5 heteroatoms. The average Bonchev–Trinajstić information content (AvgIpc) is 2.65. The molecule has 0 aromatic heterocycles. The number of anilines is 1. The van der Waals surface area contributed by atoms with Crippen molar-refractivity contribution < 1.29 is 13.9 Å². The summed E-state index contributed by atoms with van der Waals surface area (Å²) in [5.41, 5.74) is 2.56. The topological polar surface area (TPSA) is 29.5 Å². The highest BCUT2D eigenvalue weighted by atomic mass is 35.5. The number of carbonyl (C=O) groups is 1. The SMILES string of the molecule is CCOC(=O)Cc1ccc(N2CCC(Cc3ccc(Cl)cc3)CC2)c(F)c1. The average molecular weight is 390 g/mol. The Bertz CT molecular complexity index is 770. The molecule has 0 amide bonds. The summed E-state index contributed by atoms with van der Waals surface area (Å²) in [6.07, 6.45) is 3.21. The quantitative estimate of drug-likeness (QED) is 0.648. The Morgan fingerprint density at radius 1 is 1.15 bits per heavy atom. The van der Waals surface area contributed by atoms with Crippen LogP contribution in [0.15, 0.2) is 42.5 Å². The molecule has 0 radical (unpaired) electrons. The molecule has 3 nitrogen and oxygen atoms in total. The van der Waals surface area contributed by atoms with Crippen LogP contribution in [0.5, 0.6) is 0 Å². The van der Waals surface area contributed by atoms with Crippen molar-refractivity contribution in [3.05, 3.63) is 64.4 Å². The van der Waals surface area contributed by atoms with Crippen molar-refractivity contribution in [2.45, 2.75) is 32.6 Å². The van der Waals surface area contributed by atoms with Crippen molar-refractivity contribution in [3.8, 4) is 0 Å². The van der Waals surface area contributed by atoms with Crippen LogP contribution in [0, 0.1) is 11.7 Å². The lowest BCUT2D eigenvalue weighted by molar-refractivity contribution is -0.142. The van der Waals surface area contributed by atoms with Gasteiger partial charge in [-0.1, -0.05) is 29.8 Å². The van der Waals surface area contributed by atoms with E-state index in [4.69, 9.17) is 16.3 Å². The summed E-state index contributed by atoms with van der Waals surface area (Å²) >= 11 is 5.94. The number of rotatable bonds is 6. The predicted octanol–water partition coefficient (Wildman–Crippen LogP) is 5.04. The van der Waals surface area contributed by atoms with Gasteiger partial charge in [-0.3, -0.25) is 4.79 Å².